The predicted molar refractivity (Wildman–Crippen MR) is 116 cm³/mol. The lowest BCUT2D eigenvalue weighted by atomic mass is 10.1. The summed E-state index contributed by atoms with van der Waals surface area (Å²) >= 11 is 0. The minimum absolute atomic E-state index is 0. The van der Waals surface area contributed by atoms with Crippen molar-refractivity contribution in [3.63, 3.8) is 0 Å². The van der Waals surface area contributed by atoms with Crippen molar-refractivity contribution in [3.8, 4) is 16.9 Å². The molecular formula is C20H23Cl2N5O2. The summed E-state index contributed by atoms with van der Waals surface area (Å²) < 4.78 is 7.34. The summed E-state index contributed by atoms with van der Waals surface area (Å²) in [5.41, 5.74) is 3.68. The average molecular weight is 436 g/mol. The first-order chi connectivity index (χ1) is 13.3. The molecule has 1 amide bonds. The maximum absolute atomic E-state index is 12.4. The van der Waals surface area contributed by atoms with E-state index < -0.39 is 6.10 Å². The number of aromatic nitrogens is 3. The minimum Gasteiger partial charge on any atom is -0.366 e. The Morgan fingerprint density at radius 2 is 1.93 bits per heavy atom. The largest absolute Gasteiger partial charge is 0.366 e. The number of carbonyl (C=O) groups is 1. The molecule has 4 rings (SSSR count). The molecule has 154 valence electrons. The van der Waals surface area contributed by atoms with Gasteiger partial charge in [-0.2, -0.15) is 5.10 Å². The standard InChI is InChI=1S/C20H21N5O2.2ClH/c26-20(18-13-22-10-11-27-18)23-12-16-14-25(17-4-2-1-3-5-17)24-19(16)15-6-8-21-9-7-15;;/h1-9,14,18,22H,10-13H2,(H,23,26);2*1H. The van der Waals surface area contributed by atoms with Gasteiger partial charge in [-0.15, -0.1) is 24.8 Å². The molecule has 0 radical (unpaired) electrons. The highest BCUT2D eigenvalue weighted by molar-refractivity contribution is 5.85. The summed E-state index contributed by atoms with van der Waals surface area (Å²) in [6, 6.07) is 13.7. The Hall–Kier alpha value is -2.45. The normalized spacial score (nSPS) is 15.7. The van der Waals surface area contributed by atoms with Crippen LogP contribution in [0.1, 0.15) is 5.56 Å². The Kier molecular flexibility index (Phi) is 8.60. The molecule has 0 spiro atoms. The SMILES string of the molecule is Cl.Cl.O=C(NCc1cn(-c2ccccc2)nc1-c1ccncc1)C1CNCCO1. The van der Waals surface area contributed by atoms with Crippen LogP contribution in [-0.2, 0) is 16.1 Å². The van der Waals surface area contributed by atoms with Gasteiger partial charge in [0, 0.05) is 49.4 Å². The van der Waals surface area contributed by atoms with E-state index in [0.717, 1.165) is 29.1 Å². The first kappa shape index (κ1) is 22.8. The van der Waals surface area contributed by atoms with Gasteiger partial charge in [0.1, 0.15) is 6.10 Å². The van der Waals surface area contributed by atoms with Gasteiger partial charge < -0.3 is 15.4 Å². The van der Waals surface area contributed by atoms with Gasteiger partial charge in [0.15, 0.2) is 0 Å². The van der Waals surface area contributed by atoms with Crippen molar-refractivity contribution in [2.45, 2.75) is 12.6 Å². The van der Waals surface area contributed by atoms with Gasteiger partial charge in [-0.25, -0.2) is 4.68 Å². The lowest BCUT2D eigenvalue weighted by Gasteiger charge is -2.22. The molecule has 1 saturated heterocycles. The zero-order valence-corrected chi connectivity index (χ0v) is 17.3. The number of hydrogen-bond acceptors (Lipinski definition) is 5. The highest BCUT2D eigenvalue weighted by Crippen LogP contribution is 2.23. The highest BCUT2D eigenvalue weighted by atomic mass is 35.5. The van der Waals surface area contributed by atoms with Crippen LogP contribution >= 0.6 is 24.8 Å². The number of benzene rings is 1. The summed E-state index contributed by atoms with van der Waals surface area (Å²) in [7, 11) is 0. The molecule has 0 aliphatic carbocycles. The van der Waals surface area contributed by atoms with E-state index in [0.29, 0.717) is 19.7 Å². The molecular weight excluding hydrogens is 413 g/mol. The van der Waals surface area contributed by atoms with Gasteiger partial charge in [-0.1, -0.05) is 18.2 Å². The van der Waals surface area contributed by atoms with E-state index in [1.54, 1.807) is 12.4 Å². The molecule has 3 aromatic rings. The van der Waals surface area contributed by atoms with Crippen LogP contribution in [0.3, 0.4) is 0 Å². The number of nitrogens with zero attached hydrogens (tertiary/aromatic N) is 3. The van der Waals surface area contributed by atoms with E-state index in [1.807, 2.05) is 53.3 Å². The summed E-state index contributed by atoms with van der Waals surface area (Å²) in [5, 5.41) is 10.9. The van der Waals surface area contributed by atoms with E-state index in [2.05, 4.69) is 15.6 Å². The summed E-state index contributed by atoms with van der Waals surface area (Å²) in [6.07, 6.45) is 4.97. The second-order valence-corrected chi connectivity index (χ2v) is 6.30. The number of carbonyl (C=O) groups excluding carboxylic acids is 1. The second kappa shape index (κ2) is 10.9. The monoisotopic (exact) mass is 435 g/mol. The summed E-state index contributed by atoms with van der Waals surface area (Å²) in [4.78, 5) is 16.5. The van der Waals surface area contributed by atoms with Crippen molar-refractivity contribution in [1.82, 2.24) is 25.4 Å². The zero-order valence-electron chi connectivity index (χ0n) is 15.7. The summed E-state index contributed by atoms with van der Waals surface area (Å²) in [5.74, 6) is -0.115. The molecule has 0 bridgehead atoms. The van der Waals surface area contributed by atoms with E-state index >= 15 is 0 Å². The lowest BCUT2D eigenvalue weighted by Crippen LogP contribution is -2.47. The second-order valence-electron chi connectivity index (χ2n) is 6.30. The predicted octanol–water partition coefficient (Wildman–Crippen LogP) is 2.38. The van der Waals surface area contributed by atoms with Gasteiger partial charge >= 0.3 is 0 Å². The maximum Gasteiger partial charge on any atom is 0.250 e. The molecule has 29 heavy (non-hydrogen) atoms. The van der Waals surface area contributed by atoms with Crippen molar-refractivity contribution in [2.75, 3.05) is 19.7 Å². The number of para-hydroxylation sites is 1. The van der Waals surface area contributed by atoms with Crippen LogP contribution in [0.25, 0.3) is 16.9 Å². The van der Waals surface area contributed by atoms with Crippen molar-refractivity contribution < 1.29 is 9.53 Å². The van der Waals surface area contributed by atoms with Crippen molar-refractivity contribution >= 4 is 30.7 Å². The van der Waals surface area contributed by atoms with Gasteiger partial charge in [0.25, 0.3) is 5.91 Å². The van der Waals surface area contributed by atoms with Gasteiger partial charge in [0.05, 0.1) is 18.0 Å². The molecule has 2 N–H and O–H groups in total. The number of rotatable bonds is 5. The average Bonchev–Trinajstić information content (AvgIpc) is 3.18. The lowest BCUT2D eigenvalue weighted by molar-refractivity contribution is -0.134. The number of pyridine rings is 1. The van der Waals surface area contributed by atoms with Crippen LogP contribution in [0.4, 0.5) is 0 Å². The topological polar surface area (TPSA) is 81.1 Å². The Balaban J connectivity index is 0.00000150. The highest BCUT2D eigenvalue weighted by Gasteiger charge is 2.22. The molecule has 1 aliphatic rings. The molecule has 2 aromatic heterocycles. The van der Waals surface area contributed by atoms with Crippen LogP contribution in [0, 0.1) is 0 Å². The quantitative estimate of drug-likeness (QED) is 0.642. The van der Waals surface area contributed by atoms with E-state index in [1.165, 1.54) is 0 Å². The number of amides is 1. The number of hydrogen-bond donors (Lipinski definition) is 2. The van der Waals surface area contributed by atoms with Gasteiger partial charge in [-0.3, -0.25) is 9.78 Å². The first-order valence-electron chi connectivity index (χ1n) is 8.95. The van der Waals surface area contributed by atoms with Crippen LogP contribution in [0.5, 0.6) is 0 Å². The number of halogens is 2. The molecule has 1 atom stereocenters. The third-order valence-electron chi connectivity index (χ3n) is 4.44. The van der Waals surface area contributed by atoms with E-state index in [-0.39, 0.29) is 30.7 Å². The van der Waals surface area contributed by atoms with Crippen LogP contribution in [0.15, 0.2) is 61.1 Å². The fourth-order valence-corrected chi connectivity index (χ4v) is 3.03. The van der Waals surface area contributed by atoms with Crippen LogP contribution in [-0.4, -0.2) is 46.5 Å². The fourth-order valence-electron chi connectivity index (χ4n) is 3.03. The molecule has 3 heterocycles. The van der Waals surface area contributed by atoms with Crippen molar-refractivity contribution in [1.29, 1.82) is 0 Å². The Bertz CT molecular complexity index is 900. The minimum atomic E-state index is -0.452. The maximum atomic E-state index is 12.4. The summed E-state index contributed by atoms with van der Waals surface area (Å²) in [6.45, 7) is 2.24. The molecule has 1 aromatic carbocycles. The van der Waals surface area contributed by atoms with Crippen molar-refractivity contribution in [2.24, 2.45) is 0 Å². The third kappa shape index (κ3) is 5.55. The third-order valence-corrected chi connectivity index (χ3v) is 4.44. The number of ether oxygens (including phenoxy) is 1. The Morgan fingerprint density at radius 3 is 2.62 bits per heavy atom. The smallest absolute Gasteiger partial charge is 0.250 e. The Morgan fingerprint density at radius 1 is 1.17 bits per heavy atom. The molecule has 7 nitrogen and oxygen atoms in total. The molecule has 9 heteroatoms. The van der Waals surface area contributed by atoms with Crippen LogP contribution in [0.2, 0.25) is 0 Å². The van der Waals surface area contributed by atoms with Crippen molar-refractivity contribution in [3.05, 3.63) is 66.6 Å². The fraction of sp³-hybridized carbons (Fsp3) is 0.250. The molecule has 0 saturated carbocycles. The van der Waals surface area contributed by atoms with E-state index in [9.17, 15) is 4.79 Å². The first-order valence-corrected chi connectivity index (χ1v) is 8.95. The zero-order chi connectivity index (χ0) is 18.5. The van der Waals surface area contributed by atoms with Crippen LogP contribution < -0.4 is 10.6 Å². The van der Waals surface area contributed by atoms with Gasteiger partial charge in [0.2, 0.25) is 0 Å². The molecule has 1 unspecified atom stereocenters. The molecule has 1 fully saturated rings. The van der Waals surface area contributed by atoms with Gasteiger partial charge in [-0.05, 0) is 24.3 Å². The Labute approximate surface area is 181 Å². The van der Waals surface area contributed by atoms with E-state index in [4.69, 9.17) is 9.84 Å². The number of morpholine rings is 1. The number of nitrogens with one attached hydrogen (secondary N) is 2. The molecule has 1 aliphatic heterocycles.